The number of hydrogen-bond donors (Lipinski definition) is 2. The van der Waals surface area contributed by atoms with Gasteiger partial charge in [0.1, 0.15) is 11.2 Å². The van der Waals surface area contributed by atoms with E-state index in [0.717, 1.165) is 47.4 Å². The van der Waals surface area contributed by atoms with Crippen LogP contribution >= 0.6 is 0 Å². The highest BCUT2D eigenvalue weighted by Gasteiger charge is 2.18. The van der Waals surface area contributed by atoms with Gasteiger partial charge in [0.05, 0.1) is 11.1 Å². The van der Waals surface area contributed by atoms with E-state index in [4.69, 9.17) is 21.0 Å². The number of aryl methyl sites for hydroxylation is 2. The van der Waals surface area contributed by atoms with Crippen molar-refractivity contribution >= 4 is 34.1 Å². The van der Waals surface area contributed by atoms with Gasteiger partial charge in [-0.05, 0) is 31.5 Å². The number of benzene rings is 1. The number of nitrogen functional groups attached to an aromatic ring is 2. The van der Waals surface area contributed by atoms with Crippen molar-refractivity contribution in [3.05, 3.63) is 23.9 Å². The van der Waals surface area contributed by atoms with Crippen LogP contribution in [0.5, 0.6) is 0 Å². The Labute approximate surface area is 143 Å². The molecule has 1 aromatic carbocycles. The first-order valence-corrected chi connectivity index (χ1v) is 8.24. The van der Waals surface area contributed by atoms with Crippen LogP contribution < -0.4 is 11.5 Å². The van der Waals surface area contributed by atoms with Crippen LogP contribution in [0, 0.1) is 6.92 Å². The molecule has 3 heterocycles. The summed E-state index contributed by atoms with van der Waals surface area (Å²) < 4.78 is 7.25. The largest absolute Gasteiger partial charge is 0.424 e. The number of fused-ring (bicyclic) bond motifs is 2. The van der Waals surface area contributed by atoms with Crippen molar-refractivity contribution in [3.63, 3.8) is 0 Å². The topological polar surface area (TPSA) is 122 Å². The van der Waals surface area contributed by atoms with Gasteiger partial charge in [-0.15, -0.1) is 0 Å². The molecule has 0 fully saturated rings. The Hall–Kier alpha value is -3.16. The highest BCUT2D eigenvalue weighted by Crippen LogP contribution is 2.31. The number of nitrogens with zero attached hydrogens (tertiary/aromatic N) is 5. The molecule has 128 valence electrons. The minimum Gasteiger partial charge on any atom is -0.424 e. The Balaban J connectivity index is 1.95. The van der Waals surface area contributed by atoms with Gasteiger partial charge in [0, 0.05) is 12.1 Å². The molecule has 4 rings (SSSR count). The summed E-state index contributed by atoms with van der Waals surface area (Å²) in [6.07, 6.45) is 2.08. The summed E-state index contributed by atoms with van der Waals surface area (Å²) in [7, 11) is 0. The molecule has 0 saturated heterocycles. The zero-order valence-corrected chi connectivity index (χ0v) is 14.2. The molecule has 8 heteroatoms. The van der Waals surface area contributed by atoms with E-state index in [2.05, 4.69) is 21.9 Å². The molecule has 8 nitrogen and oxygen atoms in total. The molecular weight excluding hydrogens is 318 g/mol. The molecule has 0 aliphatic heterocycles. The molecule has 0 unspecified atom stereocenters. The average Bonchev–Trinajstić information content (AvgIpc) is 3.11. The summed E-state index contributed by atoms with van der Waals surface area (Å²) in [5.74, 6) is 0.258. The summed E-state index contributed by atoms with van der Waals surface area (Å²) >= 11 is 0. The second kappa shape index (κ2) is 5.73. The quantitative estimate of drug-likeness (QED) is 0.587. The SMILES string of the molecule is CCCCn1nc(-c2ccc3oc(N)nc3c2)c2c(C)nc(N)nc21. The highest BCUT2D eigenvalue weighted by atomic mass is 16.4. The van der Waals surface area contributed by atoms with E-state index < -0.39 is 0 Å². The van der Waals surface area contributed by atoms with Gasteiger partial charge < -0.3 is 15.9 Å². The predicted molar refractivity (Wildman–Crippen MR) is 96.8 cm³/mol. The molecular formula is C17H19N7O. The first-order chi connectivity index (χ1) is 12.1. The number of rotatable bonds is 4. The molecule has 0 saturated carbocycles. The zero-order chi connectivity index (χ0) is 17.6. The molecule has 0 aliphatic rings. The average molecular weight is 337 g/mol. The summed E-state index contributed by atoms with van der Waals surface area (Å²) in [4.78, 5) is 12.9. The van der Waals surface area contributed by atoms with E-state index in [1.807, 2.05) is 29.8 Å². The molecule has 0 radical (unpaired) electrons. The third kappa shape index (κ3) is 2.55. The van der Waals surface area contributed by atoms with E-state index in [1.165, 1.54) is 0 Å². The van der Waals surface area contributed by atoms with Crippen molar-refractivity contribution in [3.8, 4) is 11.3 Å². The van der Waals surface area contributed by atoms with Crippen LogP contribution in [-0.4, -0.2) is 24.7 Å². The van der Waals surface area contributed by atoms with Crippen molar-refractivity contribution in [2.75, 3.05) is 11.5 Å². The molecule has 0 bridgehead atoms. The molecule has 4 aromatic rings. The van der Waals surface area contributed by atoms with Crippen LogP contribution in [0.2, 0.25) is 0 Å². The van der Waals surface area contributed by atoms with E-state index in [1.54, 1.807) is 0 Å². The standard InChI is InChI=1S/C17H19N7O/c1-3-4-7-24-15-13(9(2)20-16(18)22-15)14(23-24)10-5-6-12-11(8-10)21-17(19)25-12/h5-6,8H,3-4,7H2,1-2H3,(H2,19,21)(H2,18,20,22). The first-order valence-electron chi connectivity index (χ1n) is 8.24. The van der Waals surface area contributed by atoms with Gasteiger partial charge in [-0.3, -0.25) is 0 Å². The van der Waals surface area contributed by atoms with Crippen LogP contribution in [0.25, 0.3) is 33.4 Å². The molecule has 0 spiro atoms. The Kier molecular flexibility index (Phi) is 3.52. The summed E-state index contributed by atoms with van der Waals surface area (Å²) in [6.45, 7) is 4.84. The fourth-order valence-electron chi connectivity index (χ4n) is 3.02. The molecule has 4 N–H and O–H groups in total. The molecule has 25 heavy (non-hydrogen) atoms. The fraction of sp³-hybridized carbons (Fsp3) is 0.294. The number of nitrogens with two attached hydrogens (primary N) is 2. The summed E-state index contributed by atoms with van der Waals surface area (Å²) in [5, 5.41) is 5.69. The van der Waals surface area contributed by atoms with E-state index in [0.29, 0.717) is 11.1 Å². The lowest BCUT2D eigenvalue weighted by Crippen LogP contribution is -2.03. The number of oxazole rings is 1. The van der Waals surface area contributed by atoms with Crippen LogP contribution in [-0.2, 0) is 6.54 Å². The third-order valence-corrected chi connectivity index (χ3v) is 4.19. The molecule has 3 aromatic heterocycles. The van der Waals surface area contributed by atoms with Crippen molar-refractivity contribution < 1.29 is 4.42 Å². The minimum absolute atomic E-state index is 0.151. The van der Waals surface area contributed by atoms with Gasteiger partial charge >= 0.3 is 0 Å². The summed E-state index contributed by atoms with van der Waals surface area (Å²) in [6, 6.07) is 5.85. The maximum atomic E-state index is 5.85. The smallest absolute Gasteiger partial charge is 0.292 e. The molecule has 0 amide bonds. The van der Waals surface area contributed by atoms with Crippen molar-refractivity contribution in [1.82, 2.24) is 24.7 Å². The van der Waals surface area contributed by atoms with Gasteiger partial charge in [0.25, 0.3) is 6.01 Å². The van der Waals surface area contributed by atoms with Gasteiger partial charge in [-0.25, -0.2) is 9.67 Å². The van der Waals surface area contributed by atoms with Gasteiger partial charge in [0.2, 0.25) is 5.95 Å². The molecule has 0 aliphatic carbocycles. The maximum Gasteiger partial charge on any atom is 0.292 e. The number of anilines is 2. The lowest BCUT2D eigenvalue weighted by atomic mass is 10.1. The Bertz CT molecular complexity index is 1080. The second-order valence-corrected chi connectivity index (χ2v) is 6.03. The van der Waals surface area contributed by atoms with Crippen molar-refractivity contribution in [2.45, 2.75) is 33.2 Å². The minimum atomic E-state index is 0.151. The highest BCUT2D eigenvalue weighted by molar-refractivity contribution is 5.95. The maximum absolute atomic E-state index is 5.85. The normalized spacial score (nSPS) is 11.6. The van der Waals surface area contributed by atoms with Gasteiger partial charge in [0.15, 0.2) is 11.2 Å². The Morgan fingerprint density at radius 3 is 2.80 bits per heavy atom. The van der Waals surface area contributed by atoms with Gasteiger partial charge in [-0.1, -0.05) is 13.3 Å². The van der Waals surface area contributed by atoms with Crippen LogP contribution in [0.3, 0.4) is 0 Å². The first kappa shape index (κ1) is 15.4. The Morgan fingerprint density at radius 2 is 2.00 bits per heavy atom. The van der Waals surface area contributed by atoms with Crippen molar-refractivity contribution in [1.29, 1.82) is 0 Å². The van der Waals surface area contributed by atoms with E-state index in [9.17, 15) is 0 Å². The number of unbranched alkanes of at least 4 members (excludes halogenated alkanes) is 1. The van der Waals surface area contributed by atoms with Gasteiger partial charge in [-0.2, -0.15) is 15.1 Å². The lowest BCUT2D eigenvalue weighted by Gasteiger charge is -2.02. The monoisotopic (exact) mass is 337 g/mol. The van der Waals surface area contributed by atoms with Crippen LogP contribution in [0.1, 0.15) is 25.5 Å². The summed E-state index contributed by atoms with van der Waals surface area (Å²) in [5.41, 5.74) is 16.1. The lowest BCUT2D eigenvalue weighted by molar-refractivity contribution is 0.585. The second-order valence-electron chi connectivity index (χ2n) is 6.03. The molecule has 0 atom stereocenters. The Morgan fingerprint density at radius 1 is 1.16 bits per heavy atom. The third-order valence-electron chi connectivity index (χ3n) is 4.19. The number of hydrogen-bond acceptors (Lipinski definition) is 7. The van der Waals surface area contributed by atoms with E-state index in [-0.39, 0.29) is 12.0 Å². The predicted octanol–water partition coefficient (Wildman–Crippen LogP) is 2.91. The zero-order valence-electron chi connectivity index (χ0n) is 14.2. The van der Waals surface area contributed by atoms with Crippen molar-refractivity contribution in [2.24, 2.45) is 0 Å². The van der Waals surface area contributed by atoms with Crippen LogP contribution in [0.4, 0.5) is 12.0 Å². The van der Waals surface area contributed by atoms with Crippen LogP contribution in [0.15, 0.2) is 22.6 Å². The van der Waals surface area contributed by atoms with E-state index >= 15 is 0 Å². The fourth-order valence-corrected chi connectivity index (χ4v) is 3.02. The number of aromatic nitrogens is 5.